The molecule has 0 atom stereocenters. The second kappa shape index (κ2) is 3.58. The topological polar surface area (TPSA) is 83.8 Å². The molecule has 0 aromatic carbocycles. The van der Waals surface area contributed by atoms with Gasteiger partial charge in [0.05, 0.1) is 0 Å². The van der Waals surface area contributed by atoms with Gasteiger partial charge in [0.15, 0.2) is 0 Å². The van der Waals surface area contributed by atoms with Crippen LogP contribution in [0.4, 0.5) is 0 Å². The Labute approximate surface area is 56.3 Å². The molecule has 0 amide bonds. The molecule has 5 nitrogen and oxygen atoms in total. The first-order chi connectivity index (χ1) is 2.56. The van der Waals surface area contributed by atoms with Gasteiger partial charge in [-0.2, -0.15) is 8.42 Å². The van der Waals surface area contributed by atoms with E-state index >= 15 is 0 Å². The second-order valence-corrected chi connectivity index (χ2v) is 1.51. The number of hydrogen-bond acceptors (Lipinski definition) is 4. The van der Waals surface area contributed by atoms with Gasteiger partial charge in [-0.15, -0.1) is 0 Å². The maximum atomic E-state index is 9.08. The predicted molar refractivity (Wildman–Crippen MR) is 23.8 cm³/mol. The Morgan fingerprint density at radius 2 is 1.57 bits per heavy atom. The Bertz CT molecular complexity index is 110. The van der Waals surface area contributed by atoms with Crippen LogP contribution in [0.5, 0.6) is 0 Å². The van der Waals surface area contributed by atoms with E-state index in [-0.39, 0.29) is 23.1 Å². The largest absolute Gasteiger partial charge is 0.423 e. The molecule has 2 N–H and O–H groups in total. The number of rotatable bonds is 1. The van der Waals surface area contributed by atoms with Gasteiger partial charge in [0, 0.05) is 0 Å². The van der Waals surface area contributed by atoms with Gasteiger partial charge in [-0.1, -0.05) is 4.33 Å². The summed E-state index contributed by atoms with van der Waals surface area (Å²) in [5.41, 5.74) is 0. The molecule has 0 aromatic rings. The van der Waals surface area contributed by atoms with Crippen molar-refractivity contribution in [3.8, 4) is 0 Å². The lowest BCUT2D eigenvalue weighted by Crippen LogP contribution is -1.97. The Balaban J connectivity index is 0. The Hall–Kier alpha value is 0.596. The zero-order valence-corrected chi connectivity index (χ0v) is 3.34. The molecule has 0 bridgehead atoms. The van der Waals surface area contributed by atoms with Gasteiger partial charge in [-0.25, -0.2) is 5.26 Å². The highest BCUT2D eigenvalue weighted by atomic mass is 32.3. The van der Waals surface area contributed by atoms with E-state index in [0.29, 0.717) is 0 Å². The second-order valence-electron chi connectivity index (χ2n) is 0.502. The highest BCUT2D eigenvalue weighted by Crippen LogP contribution is 1.74. The molecule has 0 saturated heterocycles. The quantitative estimate of drug-likeness (QED) is 0.198. The minimum atomic E-state index is -4.61. The van der Waals surface area contributed by atoms with Crippen LogP contribution in [0.2, 0.25) is 0 Å². The minimum Gasteiger partial charge on any atom is -0.262 e. The highest BCUT2D eigenvalue weighted by molar-refractivity contribution is 7.80. The van der Waals surface area contributed by atoms with E-state index in [1.807, 2.05) is 0 Å². The Morgan fingerprint density at radius 3 is 1.57 bits per heavy atom. The molecule has 0 unspecified atom stereocenters. The van der Waals surface area contributed by atoms with Crippen LogP contribution < -0.4 is 0 Å². The zero-order chi connectivity index (χ0) is 5.21. The standard InChI is InChI=1S/Mg.H2O5S.2H/c;1-5-6(2,3)4;;/h;1H,(H,2,3,4);;. The zero-order valence-electron chi connectivity index (χ0n) is 2.53. The fourth-order valence-corrected chi connectivity index (χ4v) is 0. The summed E-state index contributed by atoms with van der Waals surface area (Å²) >= 11 is 0. The molecule has 0 aliphatic carbocycles. The summed E-state index contributed by atoms with van der Waals surface area (Å²) in [6, 6.07) is 0. The number of hydrogen-bond donors (Lipinski definition) is 2. The highest BCUT2D eigenvalue weighted by Gasteiger charge is 1.97. The lowest BCUT2D eigenvalue weighted by Gasteiger charge is -1.79. The van der Waals surface area contributed by atoms with Crippen molar-refractivity contribution < 1.29 is 22.6 Å². The molecule has 0 aromatic heterocycles. The van der Waals surface area contributed by atoms with Gasteiger partial charge >= 0.3 is 33.5 Å². The normalized spacial score (nSPS) is 10.0. The van der Waals surface area contributed by atoms with Crippen LogP contribution >= 0.6 is 0 Å². The van der Waals surface area contributed by atoms with E-state index in [1.165, 1.54) is 0 Å². The van der Waals surface area contributed by atoms with E-state index in [1.54, 1.807) is 0 Å². The summed E-state index contributed by atoms with van der Waals surface area (Å²) in [4.78, 5) is 0. The summed E-state index contributed by atoms with van der Waals surface area (Å²) in [7, 11) is -4.61. The minimum absolute atomic E-state index is 0. The third-order valence-corrected chi connectivity index (χ3v) is 0.283. The fourth-order valence-electron chi connectivity index (χ4n) is 0. The smallest absolute Gasteiger partial charge is 0.262 e. The van der Waals surface area contributed by atoms with Crippen LogP contribution in [0.25, 0.3) is 0 Å². The molecule has 0 spiro atoms. The van der Waals surface area contributed by atoms with Crippen molar-refractivity contribution in [2.45, 2.75) is 0 Å². The SMILES string of the molecule is O=S(=O)(O)OO.[MgH2]. The van der Waals surface area contributed by atoms with Crippen molar-refractivity contribution in [3.05, 3.63) is 0 Å². The van der Waals surface area contributed by atoms with E-state index in [2.05, 4.69) is 4.33 Å². The summed E-state index contributed by atoms with van der Waals surface area (Å²) in [5, 5.41) is 7.06. The maximum Gasteiger partial charge on any atom is 0.423 e. The van der Waals surface area contributed by atoms with Crippen LogP contribution in [0, 0.1) is 0 Å². The summed E-state index contributed by atoms with van der Waals surface area (Å²) < 4.78 is 28.0. The molecule has 0 heterocycles. The van der Waals surface area contributed by atoms with Crippen LogP contribution in [0.15, 0.2) is 0 Å². The molecule has 0 radical (unpaired) electrons. The molecule has 0 fully saturated rings. The van der Waals surface area contributed by atoms with Crippen LogP contribution in [-0.2, 0) is 14.7 Å². The van der Waals surface area contributed by atoms with Gasteiger partial charge in [0.25, 0.3) is 0 Å². The van der Waals surface area contributed by atoms with Gasteiger partial charge < -0.3 is 0 Å². The van der Waals surface area contributed by atoms with Crippen molar-refractivity contribution >= 4 is 33.5 Å². The Morgan fingerprint density at radius 1 is 1.43 bits per heavy atom. The van der Waals surface area contributed by atoms with Crippen molar-refractivity contribution in [2.24, 2.45) is 0 Å². The lowest BCUT2D eigenvalue weighted by molar-refractivity contribution is -0.139. The van der Waals surface area contributed by atoms with Gasteiger partial charge in [-0.3, -0.25) is 4.55 Å². The van der Waals surface area contributed by atoms with E-state index < -0.39 is 10.4 Å². The average Bonchev–Trinajstić information content (AvgIpc) is 1.35. The van der Waals surface area contributed by atoms with Crippen molar-refractivity contribution in [1.29, 1.82) is 0 Å². The maximum absolute atomic E-state index is 9.08. The third kappa shape index (κ3) is 10.8. The van der Waals surface area contributed by atoms with Crippen LogP contribution in [0.1, 0.15) is 0 Å². The molecule has 0 saturated carbocycles. The summed E-state index contributed by atoms with van der Waals surface area (Å²) in [5.74, 6) is 0. The first-order valence-electron chi connectivity index (χ1n) is 0.865. The predicted octanol–water partition coefficient (Wildman–Crippen LogP) is -1.64. The van der Waals surface area contributed by atoms with E-state index in [0.717, 1.165) is 0 Å². The Kier molecular flexibility index (Phi) is 5.40. The van der Waals surface area contributed by atoms with Crippen molar-refractivity contribution in [2.75, 3.05) is 0 Å². The molecule has 0 rings (SSSR count). The molecule has 7 heavy (non-hydrogen) atoms. The van der Waals surface area contributed by atoms with Gasteiger partial charge in [0.2, 0.25) is 0 Å². The molecule has 42 valence electrons. The van der Waals surface area contributed by atoms with Gasteiger partial charge in [-0.05, 0) is 0 Å². The first kappa shape index (κ1) is 10.6. The molecular weight excluding hydrogens is 136 g/mol. The van der Waals surface area contributed by atoms with Crippen LogP contribution in [-0.4, -0.2) is 41.3 Å². The van der Waals surface area contributed by atoms with Crippen molar-refractivity contribution in [1.82, 2.24) is 0 Å². The molecule has 7 heteroatoms. The van der Waals surface area contributed by atoms with Crippen LogP contribution in [0.3, 0.4) is 0 Å². The molecule has 0 aliphatic heterocycles. The summed E-state index contributed by atoms with van der Waals surface area (Å²) in [6.07, 6.45) is 0. The third-order valence-electron chi connectivity index (χ3n) is 0.0942. The monoisotopic (exact) mass is 140 g/mol. The average molecular weight is 140 g/mol. The molecular formula is H4MgO5S. The van der Waals surface area contributed by atoms with Crippen molar-refractivity contribution in [3.63, 3.8) is 0 Å². The van der Waals surface area contributed by atoms with E-state index in [9.17, 15) is 0 Å². The van der Waals surface area contributed by atoms with E-state index in [4.69, 9.17) is 18.2 Å². The van der Waals surface area contributed by atoms with Gasteiger partial charge in [0.1, 0.15) is 0 Å². The first-order valence-corrected chi connectivity index (χ1v) is 2.23. The molecule has 0 aliphatic rings. The lowest BCUT2D eigenvalue weighted by atomic mass is 15.0. The fraction of sp³-hybridized carbons (Fsp3) is 0. The summed E-state index contributed by atoms with van der Waals surface area (Å²) in [6.45, 7) is 0.